The highest BCUT2D eigenvalue weighted by molar-refractivity contribution is 6.30. The summed E-state index contributed by atoms with van der Waals surface area (Å²) in [5.41, 5.74) is 2.52. The molecule has 0 aromatic heterocycles. The van der Waals surface area contributed by atoms with Crippen LogP contribution in [-0.4, -0.2) is 11.7 Å². The normalized spacial score (nSPS) is 18.7. The Morgan fingerprint density at radius 2 is 2.15 bits per heavy atom. The summed E-state index contributed by atoms with van der Waals surface area (Å²) in [4.78, 5) is 0. The van der Waals surface area contributed by atoms with Gasteiger partial charge >= 0.3 is 0 Å². The van der Waals surface area contributed by atoms with Gasteiger partial charge in [-0.1, -0.05) is 17.7 Å². The smallest absolute Gasteiger partial charge is 0.0528 e. The number of aliphatic hydroxyl groups is 1. The number of hydrogen-bond donors (Lipinski definition) is 1. The summed E-state index contributed by atoms with van der Waals surface area (Å²) in [6.45, 7) is 2.31. The van der Waals surface area contributed by atoms with Gasteiger partial charge in [-0.15, -0.1) is 0 Å². The lowest BCUT2D eigenvalue weighted by Gasteiger charge is -2.15. The van der Waals surface area contributed by atoms with Crippen LogP contribution in [0.3, 0.4) is 0 Å². The van der Waals surface area contributed by atoms with E-state index in [0.29, 0.717) is 0 Å². The van der Waals surface area contributed by atoms with Crippen LogP contribution in [0.5, 0.6) is 0 Å². The minimum Gasteiger partial charge on any atom is -0.395 e. The number of aliphatic hydroxyl groups excluding tert-OH is 1. The maximum atomic E-state index is 9.27. The molecule has 0 spiro atoms. The zero-order valence-electron chi connectivity index (χ0n) is 7.68. The fourth-order valence-electron chi connectivity index (χ4n) is 1.89. The first-order valence-corrected chi connectivity index (χ1v) is 4.93. The zero-order chi connectivity index (χ0) is 9.47. The zero-order valence-corrected chi connectivity index (χ0v) is 8.43. The Hall–Kier alpha value is -0.530. The molecule has 0 aliphatic heterocycles. The van der Waals surface area contributed by atoms with Crippen molar-refractivity contribution >= 4 is 11.6 Å². The van der Waals surface area contributed by atoms with Crippen molar-refractivity contribution in [3.05, 3.63) is 34.3 Å². The van der Waals surface area contributed by atoms with E-state index in [0.717, 1.165) is 17.9 Å². The average molecular weight is 197 g/mol. The lowest BCUT2D eigenvalue weighted by molar-refractivity contribution is 0.254. The van der Waals surface area contributed by atoms with E-state index in [1.807, 2.05) is 18.2 Å². The van der Waals surface area contributed by atoms with Gasteiger partial charge in [-0.2, -0.15) is 0 Å². The molecule has 1 aromatic rings. The average Bonchev–Trinajstić information content (AvgIpc) is 2.85. The largest absolute Gasteiger partial charge is 0.395 e. The van der Waals surface area contributed by atoms with Crippen molar-refractivity contribution in [3.8, 4) is 0 Å². The second-order valence-corrected chi connectivity index (χ2v) is 4.33. The van der Waals surface area contributed by atoms with Crippen LogP contribution in [0, 0.1) is 6.92 Å². The van der Waals surface area contributed by atoms with E-state index in [1.54, 1.807) is 0 Å². The van der Waals surface area contributed by atoms with E-state index in [4.69, 9.17) is 11.6 Å². The van der Waals surface area contributed by atoms with Crippen LogP contribution < -0.4 is 0 Å². The predicted octanol–water partition coefficient (Wildman–Crippen LogP) is 2.67. The molecule has 1 aliphatic carbocycles. The van der Waals surface area contributed by atoms with Crippen LogP contribution >= 0.6 is 11.6 Å². The van der Waals surface area contributed by atoms with Gasteiger partial charge in [0.25, 0.3) is 0 Å². The van der Waals surface area contributed by atoms with E-state index in [-0.39, 0.29) is 12.0 Å². The van der Waals surface area contributed by atoms with Gasteiger partial charge in [-0.25, -0.2) is 0 Å². The van der Waals surface area contributed by atoms with Crippen molar-refractivity contribution in [2.24, 2.45) is 0 Å². The van der Waals surface area contributed by atoms with Gasteiger partial charge in [-0.05, 0) is 43.0 Å². The van der Waals surface area contributed by atoms with Crippen molar-refractivity contribution < 1.29 is 5.11 Å². The summed E-state index contributed by atoms with van der Waals surface area (Å²) in [7, 11) is 0. The van der Waals surface area contributed by atoms with E-state index in [1.165, 1.54) is 11.1 Å². The quantitative estimate of drug-likeness (QED) is 0.771. The van der Waals surface area contributed by atoms with Crippen LogP contribution in [0.2, 0.25) is 5.02 Å². The number of aryl methyl sites for hydroxylation is 1. The first kappa shape index (κ1) is 9.04. The number of halogens is 1. The van der Waals surface area contributed by atoms with Crippen molar-refractivity contribution in [3.63, 3.8) is 0 Å². The molecule has 0 heterocycles. The highest BCUT2D eigenvalue weighted by atomic mass is 35.5. The summed E-state index contributed by atoms with van der Waals surface area (Å²) in [6, 6.07) is 5.91. The van der Waals surface area contributed by atoms with Crippen LogP contribution in [0.4, 0.5) is 0 Å². The van der Waals surface area contributed by atoms with E-state index in [9.17, 15) is 5.11 Å². The summed E-state index contributed by atoms with van der Waals surface area (Å²) < 4.78 is 0. The minimum atomic E-state index is 0.0642. The molecule has 1 N–H and O–H groups in total. The van der Waals surface area contributed by atoms with Crippen molar-refractivity contribution in [2.45, 2.75) is 25.2 Å². The highest BCUT2D eigenvalue weighted by Crippen LogP contribution is 2.48. The third-order valence-corrected chi connectivity index (χ3v) is 3.15. The van der Waals surface area contributed by atoms with Crippen LogP contribution in [-0.2, 0) is 5.41 Å². The molecule has 0 radical (unpaired) electrons. The van der Waals surface area contributed by atoms with Gasteiger partial charge in [0, 0.05) is 10.4 Å². The first-order chi connectivity index (χ1) is 6.18. The Labute approximate surface area is 83.3 Å². The van der Waals surface area contributed by atoms with Crippen molar-refractivity contribution in [1.29, 1.82) is 0 Å². The van der Waals surface area contributed by atoms with Gasteiger partial charge in [0.1, 0.15) is 0 Å². The van der Waals surface area contributed by atoms with Gasteiger partial charge < -0.3 is 5.11 Å². The molecule has 2 rings (SSSR count). The fraction of sp³-hybridized carbons (Fsp3) is 0.455. The lowest BCUT2D eigenvalue weighted by Crippen LogP contribution is -2.13. The maximum absolute atomic E-state index is 9.27. The van der Waals surface area contributed by atoms with Gasteiger partial charge in [0.15, 0.2) is 0 Å². The Morgan fingerprint density at radius 3 is 2.62 bits per heavy atom. The van der Waals surface area contributed by atoms with Gasteiger partial charge in [-0.3, -0.25) is 0 Å². The van der Waals surface area contributed by atoms with Gasteiger partial charge in [0.2, 0.25) is 0 Å². The Bertz CT molecular complexity index is 329. The summed E-state index contributed by atoms with van der Waals surface area (Å²) >= 11 is 5.87. The van der Waals surface area contributed by atoms with Crippen molar-refractivity contribution in [2.75, 3.05) is 6.61 Å². The summed E-state index contributed by atoms with van der Waals surface area (Å²) in [5, 5.41) is 10.0. The third kappa shape index (κ3) is 1.47. The fourth-order valence-corrected chi connectivity index (χ4v) is 2.11. The topological polar surface area (TPSA) is 20.2 Å². The van der Waals surface area contributed by atoms with Gasteiger partial charge in [0.05, 0.1) is 6.61 Å². The lowest BCUT2D eigenvalue weighted by atomic mass is 9.93. The molecule has 1 fully saturated rings. The molecule has 13 heavy (non-hydrogen) atoms. The molecule has 2 heteroatoms. The standard InChI is InChI=1S/C11H13ClO/c1-8-6-9(12)2-3-10(8)11(7-13)4-5-11/h2-3,6,13H,4-5,7H2,1H3. The molecule has 1 aromatic carbocycles. The van der Waals surface area contributed by atoms with E-state index >= 15 is 0 Å². The molecule has 1 aliphatic rings. The second-order valence-electron chi connectivity index (χ2n) is 3.90. The molecule has 0 bridgehead atoms. The van der Waals surface area contributed by atoms with E-state index in [2.05, 4.69) is 6.92 Å². The predicted molar refractivity (Wildman–Crippen MR) is 54.2 cm³/mol. The highest BCUT2D eigenvalue weighted by Gasteiger charge is 2.44. The van der Waals surface area contributed by atoms with Crippen molar-refractivity contribution in [1.82, 2.24) is 0 Å². The molecule has 0 atom stereocenters. The molecule has 0 saturated heterocycles. The number of rotatable bonds is 2. The monoisotopic (exact) mass is 196 g/mol. The van der Waals surface area contributed by atoms with Crippen LogP contribution in [0.25, 0.3) is 0 Å². The molecule has 70 valence electrons. The maximum Gasteiger partial charge on any atom is 0.0528 e. The number of hydrogen-bond acceptors (Lipinski definition) is 1. The molecular weight excluding hydrogens is 184 g/mol. The number of benzene rings is 1. The molecule has 0 unspecified atom stereocenters. The van der Waals surface area contributed by atoms with Crippen LogP contribution in [0.15, 0.2) is 18.2 Å². The Morgan fingerprint density at radius 1 is 1.46 bits per heavy atom. The molecule has 1 saturated carbocycles. The summed E-state index contributed by atoms with van der Waals surface area (Å²) in [6.07, 6.45) is 2.21. The molecule has 0 amide bonds. The minimum absolute atomic E-state index is 0.0642. The third-order valence-electron chi connectivity index (χ3n) is 2.92. The summed E-state index contributed by atoms with van der Waals surface area (Å²) in [5.74, 6) is 0. The van der Waals surface area contributed by atoms with Crippen LogP contribution in [0.1, 0.15) is 24.0 Å². The molecular formula is C11H13ClO. The Balaban J connectivity index is 2.41. The SMILES string of the molecule is Cc1cc(Cl)ccc1C1(CO)CC1. The second kappa shape index (κ2) is 3.00. The van der Waals surface area contributed by atoms with E-state index < -0.39 is 0 Å². The Kier molecular flexibility index (Phi) is 2.09. The first-order valence-electron chi connectivity index (χ1n) is 4.55. The molecule has 1 nitrogen and oxygen atoms in total.